The molecular formula is C12H20N2O4. The molecule has 2 rings (SSSR count). The van der Waals surface area contributed by atoms with Crippen molar-refractivity contribution in [1.29, 1.82) is 0 Å². The maximum Gasteiger partial charge on any atom is 0.180 e. The molecule has 2 aliphatic rings. The molecule has 0 aromatic rings. The van der Waals surface area contributed by atoms with Crippen molar-refractivity contribution in [1.82, 2.24) is 5.32 Å². The number of nitrogens with one attached hydrogen (secondary N) is 2. The van der Waals surface area contributed by atoms with E-state index in [9.17, 15) is 20.5 Å². The first-order chi connectivity index (χ1) is 8.56. The van der Waals surface area contributed by atoms with Gasteiger partial charge in [0, 0.05) is 0 Å². The van der Waals surface area contributed by atoms with E-state index in [0.29, 0.717) is 25.1 Å². The van der Waals surface area contributed by atoms with Crippen LogP contribution in [0.2, 0.25) is 0 Å². The van der Waals surface area contributed by atoms with Gasteiger partial charge >= 0.3 is 0 Å². The van der Waals surface area contributed by atoms with Gasteiger partial charge in [-0.25, -0.2) is 0 Å². The van der Waals surface area contributed by atoms with Crippen LogP contribution in [0, 0.1) is 5.21 Å². The summed E-state index contributed by atoms with van der Waals surface area (Å²) in [5.41, 5.74) is 1.83. The van der Waals surface area contributed by atoms with E-state index >= 15 is 0 Å². The van der Waals surface area contributed by atoms with Gasteiger partial charge in [-0.05, 0) is 25.7 Å². The molecule has 1 aliphatic carbocycles. The Morgan fingerprint density at radius 3 is 2.72 bits per heavy atom. The number of quaternary nitrogens is 1. The minimum atomic E-state index is -1.45. The van der Waals surface area contributed by atoms with Crippen LogP contribution in [0.1, 0.15) is 25.7 Å². The summed E-state index contributed by atoms with van der Waals surface area (Å²) in [6.07, 6.45) is 4.45. The third kappa shape index (κ3) is 3.88. The van der Waals surface area contributed by atoms with Crippen LogP contribution in [0.4, 0.5) is 0 Å². The van der Waals surface area contributed by atoms with Crippen LogP contribution in [0.15, 0.2) is 23.5 Å². The van der Waals surface area contributed by atoms with E-state index < -0.39 is 12.3 Å². The SMILES string of the molecule is [O-][NH+]1C=C1CNC(CC1=CCC(O)CC1)C(O)O. The van der Waals surface area contributed by atoms with Crippen LogP contribution in [0.5, 0.6) is 0 Å². The summed E-state index contributed by atoms with van der Waals surface area (Å²) in [6, 6.07) is -0.471. The summed E-state index contributed by atoms with van der Waals surface area (Å²) in [7, 11) is 0. The Balaban J connectivity index is 1.80. The van der Waals surface area contributed by atoms with Crippen molar-refractivity contribution in [2.45, 2.75) is 44.1 Å². The number of hydrogen-bond acceptors (Lipinski definition) is 5. The molecule has 1 heterocycles. The normalized spacial score (nSPS) is 28.9. The zero-order valence-corrected chi connectivity index (χ0v) is 10.2. The van der Waals surface area contributed by atoms with Crippen LogP contribution in [-0.2, 0) is 0 Å². The predicted molar refractivity (Wildman–Crippen MR) is 65.0 cm³/mol. The fourth-order valence-corrected chi connectivity index (χ4v) is 2.13. The molecule has 6 nitrogen and oxygen atoms in total. The zero-order chi connectivity index (χ0) is 13.1. The van der Waals surface area contributed by atoms with Crippen LogP contribution < -0.4 is 10.4 Å². The molecule has 0 aromatic carbocycles. The van der Waals surface area contributed by atoms with E-state index in [4.69, 9.17) is 0 Å². The highest BCUT2D eigenvalue weighted by molar-refractivity contribution is 5.10. The summed E-state index contributed by atoms with van der Waals surface area (Å²) >= 11 is 0. The Labute approximate surface area is 106 Å². The van der Waals surface area contributed by atoms with Gasteiger partial charge in [0.25, 0.3) is 0 Å². The van der Waals surface area contributed by atoms with E-state index in [2.05, 4.69) is 5.32 Å². The highest BCUT2D eigenvalue weighted by atomic mass is 16.5. The Morgan fingerprint density at radius 1 is 1.50 bits per heavy atom. The van der Waals surface area contributed by atoms with Crippen LogP contribution in [-0.4, -0.2) is 40.3 Å². The Hall–Kier alpha value is -0.760. The van der Waals surface area contributed by atoms with E-state index in [-0.39, 0.29) is 11.2 Å². The smallest absolute Gasteiger partial charge is 0.180 e. The first kappa shape index (κ1) is 13.7. The topological polar surface area (TPSA) is 100 Å². The first-order valence-electron chi connectivity index (χ1n) is 6.26. The summed E-state index contributed by atoms with van der Waals surface area (Å²) in [6.45, 7) is 0.386. The fraction of sp³-hybridized carbons (Fsp3) is 0.667. The summed E-state index contributed by atoms with van der Waals surface area (Å²) in [5, 5.41) is 41.8. The summed E-state index contributed by atoms with van der Waals surface area (Å²) in [4.78, 5) is 0. The number of aliphatic hydroxyl groups excluding tert-OH is 2. The Kier molecular flexibility index (Phi) is 4.50. The average molecular weight is 256 g/mol. The third-order valence-corrected chi connectivity index (χ3v) is 3.41. The van der Waals surface area contributed by atoms with E-state index in [0.717, 1.165) is 18.4 Å². The quantitative estimate of drug-likeness (QED) is 0.223. The molecule has 18 heavy (non-hydrogen) atoms. The molecule has 0 bridgehead atoms. The highest BCUT2D eigenvalue weighted by Crippen LogP contribution is 2.22. The minimum absolute atomic E-state index is 0.0358. The number of rotatable bonds is 6. The lowest BCUT2D eigenvalue weighted by atomic mass is 9.92. The molecule has 0 aromatic heterocycles. The molecular weight excluding hydrogens is 236 g/mol. The maximum atomic E-state index is 10.8. The lowest BCUT2D eigenvalue weighted by molar-refractivity contribution is -0.671. The van der Waals surface area contributed by atoms with Gasteiger partial charge in [-0.1, -0.05) is 11.6 Å². The molecule has 0 radical (unpaired) electrons. The van der Waals surface area contributed by atoms with Crippen molar-refractivity contribution in [2.24, 2.45) is 0 Å². The van der Waals surface area contributed by atoms with Gasteiger partial charge in [-0.3, -0.25) is 0 Å². The second-order valence-electron chi connectivity index (χ2n) is 4.93. The first-order valence-corrected chi connectivity index (χ1v) is 6.26. The van der Waals surface area contributed by atoms with Crippen LogP contribution in [0.3, 0.4) is 0 Å². The van der Waals surface area contributed by atoms with Gasteiger partial charge in [0.1, 0.15) is 0 Å². The van der Waals surface area contributed by atoms with Gasteiger partial charge in [0.05, 0.1) is 18.7 Å². The van der Waals surface area contributed by atoms with Crippen LogP contribution in [0.25, 0.3) is 0 Å². The van der Waals surface area contributed by atoms with E-state index in [1.807, 2.05) is 6.08 Å². The highest BCUT2D eigenvalue weighted by Gasteiger charge is 2.25. The molecule has 0 spiro atoms. The van der Waals surface area contributed by atoms with Crippen LogP contribution >= 0.6 is 0 Å². The van der Waals surface area contributed by atoms with Crippen molar-refractivity contribution in [3.63, 3.8) is 0 Å². The van der Waals surface area contributed by atoms with Crippen molar-refractivity contribution < 1.29 is 20.4 Å². The second-order valence-corrected chi connectivity index (χ2v) is 4.93. The lowest BCUT2D eigenvalue weighted by Crippen LogP contribution is -2.87. The van der Waals surface area contributed by atoms with Gasteiger partial charge in [-0.2, -0.15) is 0 Å². The zero-order valence-electron chi connectivity index (χ0n) is 10.2. The van der Waals surface area contributed by atoms with Gasteiger partial charge in [0.15, 0.2) is 18.2 Å². The largest absolute Gasteiger partial charge is 0.624 e. The van der Waals surface area contributed by atoms with Gasteiger partial charge in [-0.15, -0.1) is 0 Å². The van der Waals surface area contributed by atoms with Gasteiger partial charge in [0.2, 0.25) is 0 Å². The predicted octanol–water partition coefficient (Wildman–Crippen LogP) is -1.65. The number of hydrogen-bond donors (Lipinski definition) is 5. The fourth-order valence-electron chi connectivity index (χ4n) is 2.13. The molecule has 0 amide bonds. The standard InChI is InChI=1S/C12H20N2O4/c15-10-3-1-8(2-4-10)5-11(12(16)17)13-6-9-7-14(9)18/h1,7,10-17H,2-6H2. The molecule has 6 heteroatoms. The van der Waals surface area contributed by atoms with E-state index in [1.54, 1.807) is 0 Å². The molecule has 3 atom stereocenters. The Bertz CT molecular complexity index is 354. The molecule has 0 fully saturated rings. The van der Waals surface area contributed by atoms with E-state index in [1.165, 1.54) is 6.20 Å². The molecule has 5 N–H and O–H groups in total. The monoisotopic (exact) mass is 256 g/mol. The van der Waals surface area contributed by atoms with Crippen molar-refractivity contribution in [3.05, 3.63) is 28.8 Å². The maximum absolute atomic E-state index is 10.8. The molecule has 1 aliphatic heterocycles. The molecule has 0 saturated heterocycles. The minimum Gasteiger partial charge on any atom is -0.624 e. The average Bonchev–Trinajstić information content (AvgIpc) is 3.03. The lowest BCUT2D eigenvalue weighted by Gasteiger charge is -2.24. The number of hydroxylamine groups is 2. The van der Waals surface area contributed by atoms with Crippen molar-refractivity contribution in [3.8, 4) is 0 Å². The molecule has 3 unspecified atom stereocenters. The molecule has 102 valence electrons. The Morgan fingerprint density at radius 2 is 2.22 bits per heavy atom. The van der Waals surface area contributed by atoms with Crippen molar-refractivity contribution >= 4 is 0 Å². The third-order valence-electron chi connectivity index (χ3n) is 3.41. The second kappa shape index (κ2) is 5.92. The number of aliphatic hydroxyl groups is 3. The molecule has 0 saturated carbocycles. The van der Waals surface area contributed by atoms with Crippen molar-refractivity contribution in [2.75, 3.05) is 6.54 Å². The van der Waals surface area contributed by atoms with Gasteiger partial charge < -0.3 is 30.9 Å². The summed E-state index contributed by atoms with van der Waals surface area (Å²) < 4.78 is 0. The summed E-state index contributed by atoms with van der Waals surface area (Å²) in [5.74, 6) is 0.